The lowest BCUT2D eigenvalue weighted by molar-refractivity contribution is 0.131. The van der Waals surface area contributed by atoms with Crippen molar-refractivity contribution in [2.24, 2.45) is 11.3 Å². The van der Waals surface area contributed by atoms with Gasteiger partial charge in [0.25, 0.3) is 0 Å². The quantitative estimate of drug-likeness (QED) is 0.900. The number of rotatable bonds is 3. The zero-order chi connectivity index (χ0) is 15.5. The van der Waals surface area contributed by atoms with E-state index in [0.717, 1.165) is 25.9 Å². The molecule has 1 saturated heterocycles. The van der Waals surface area contributed by atoms with Crippen LogP contribution in [-0.4, -0.2) is 35.7 Å². The Balaban J connectivity index is 1.99. The van der Waals surface area contributed by atoms with E-state index in [1.54, 1.807) is 11.3 Å². The summed E-state index contributed by atoms with van der Waals surface area (Å²) in [6, 6.07) is 4.15. The molecule has 0 saturated carbocycles. The largest absolute Gasteiger partial charge is 0.396 e. The van der Waals surface area contributed by atoms with Crippen molar-refractivity contribution in [1.82, 2.24) is 10.2 Å². The number of piperidine rings is 1. The van der Waals surface area contributed by atoms with Crippen LogP contribution in [0, 0.1) is 11.3 Å². The first-order chi connectivity index (χ1) is 9.91. The maximum Gasteiger partial charge on any atom is 0.317 e. The van der Waals surface area contributed by atoms with Gasteiger partial charge in [0.1, 0.15) is 0 Å². The van der Waals surface area contributed by atoms with Gasteiger partial charge in [0.05, 0.1) is 6.04 Å². The summed E-state index contributed by atoms with van der Waals surface area (Å²) < 4.78 is 0. The monoisotopic (exact) mass is 310 g/mol. The standard InChI is InChI=1S/C16H26N2O2S/c1-16(2,3)14(13-5-4-10-21-13)17-15(20)18-8-6-12(11-19)7-9-18/h4-5,10,12,14,19H,6-9,11H2,1-3H3,(H,17,20). The SMILES string of the molecule is CC(C)(C)C(NC(=O)N1CCC(CO)CC1)c1cccs1. The van der Waals surface area contributed by atoms with E-state index in [0.29, 0.717) is 5.92 Å². The lowest BCUT2D eigenvalue weighted by Crippen LogP contribution is -2.48. The lowest BCUT2D eigenvalue weighted by Gasteiger charge is -2.36. The number of nitrogens with one attached hydrogen (secondary N) is 1. The van der Waals surface area contributed by atoms with Crippen molar-refractivity contribution in [3.8, 4) is 0 Å². The van der Waals surface area contributed by atoms with E-state index in [2.05, 4.69) is 32.2 Å². The van der Waals surface area contributed by atoms with Crippen molar-refractivity contribution in [2.75, 3.05) is 19.7 Å². The Kier molecular flexibility index (Phi) is 5.27. The summed E-state index contributed by atoms with van der Waals surface area (Å²) in [6.45, 7) is 8.15. The number of urea groups is 1. The average molecular weight is 310 g/mol. The summed E-state index contributed by atoms with van der Waals surface area (Å²) in [4.78, 5) is 15.6. The number of carbonyl (C=O) groups excluding carboxylic acids is 1. The highest BCUT2D eigenvalue weighted by Crippen LogP contribution is 2.35. The molecule has 1 fully saturated rings. The van der Waals surface area contributed by atoms with Crippen LogP contribution < -0.4 is 5.32 Å². The highest BCUT2D eigenvalue weighted by atomic mass is 32.1. The maximum absolute atomic E-state index is 12.5. The van der Waals surface area contributed by atoms with Crippen molar-refractivity contribution >= 4 is 17.4 Å². The van der Waals surface area contributed by atoms with Gasteiger partial charge in [0, 0.05) is 24.6 Å². The molecule has 2 rings (SSSR count). The molecule has 0 bridgehead atoms. The molecule has 2 heterocycles. The van der Waals surface area contributed by atoms with Crippen LogP contribution >= 0.6 is 11.3 Å². The minimum absolute atomic E-state index is 0.0136. The number of hydrogen-bond donors (Lipinski definition) is 2. The fourth-order valence-electron chi connectivity index (χ4n) is 2.70. The van der Waals surface area contributed by atoms with Crippen molar-refractivity contribution in [3.05, 3.63) is 22.4 Å². The second kappa shape index (κ2) is 6.79. The number of thiophene rings is 1. The predicted molar refractivity (Wildman–Crippen MR) is 86.4 cm³/mol. The number of aliphatic hydroxyl groups excluding tert-OH is 1. The number of carbonyl (C=O) groups is 1. The zero-order valence-corrected chi connectivity index (χ0v) is 13.9. The number of likely N-dealkylation sites (tertiary alicyclic amines) is 1. The molecule has 4 nitrogen and oxygen atoms in total. The summed E-state index contributed by atoms with van der Waals surface area (Å²) in [5.41, 5.74) is -0.0239. The van der Waals surface area contributed by atoms with Gasteiger partial charge in [-0.25, -0.2) is 4.79 Å². The molecule has 21 heavy (non-hydrogen) atoms. The molecule has 5 heteroatoms. The first-order valence-corrected chi connectivity index (χ1v) is 8.49. The van der Waals surface area contributed by atoms with Gasteiger partial charge in [-0.05, 0) is 35.6 Å². The topological polar surface area (TPSA) is 52.6 Å². The Morgan fingerprint density at radius 1 is 1.48 bits per heavy atom. The average Bonchev–Trinajstić information content (AvgIpc) is 2.97. The van der Waals surface area contributed by atoms with E-state index in [1.807, 2.05) is 16.3 Å². The molecular weight excluding hydrogens is 284 g/mol. The first-order valence-electron chi connectivity index (χ1n) is 7.61. The molecule has 1 aliphatic heterocycles. The lowest BCUT2D eigenvalue weighted by atomic mass is 9.86. The van der Waals surface area contributed by atoms with Gasteiger partial charge in [-0.2, -0.15) is 0 Å². The van der Waals surface area contributed by atoms with Crippen molar-refractivity contribution in [3.63, 3.8) is 0 Å². The predicted octanol–water partition coefficient (Wildman–Crippen LogP) is 3.25. The molecule has 2 amide bonds. The molecule has 1 aromatic rings. The van der Waals surface area contributed by atoms with Gasteiger partial charge >= 0.3 is 6.03 Å². The molecule has 118 valence electrons. The third-order valence-corrected chi connectivity index (χ3v) is 5.06. The molecule has 1 unspecified atom stereocenters. The van der Waals surface area contributed by atoms with Gasteiger partial charge < -0.3 is 15.3 Å². The van der Waals surface area contributed by atoms with Gasteiger partial charge in [-0.3, -0.25) is 0 Å². The Hall–Kier alpha value is -1.07. The van der Waals surface area contributed by atoms with E-state index in [1.165, 1.54) is 4.88 Å². The summed E-state index contributed by atoms with van der Waals surface area (Å²) >= 11 is 1.68. The minimum Gasteiger partial charge on any atom is -0.396 e. The van der Waals surface area contributed by atoms with Gasteiger partial charge in [-0.1, -0.05) is 26.8 Å². The van der Waals surface area contributed by atoms with Crippen LogP contribution in [0.5, 0.6) is 0 Å². The molecule has 0 radical (unpaired) electrons. The van der Waals surface area contributed by atoms with Crippen molar-refractivity contribution in [2.45, 2.75) is 39.7 Å². The maximum atomic E-state index is 12.5. The number of hydrogen-bond acceptors (Lipinski definition) is 3. The fourth-order valence-corrected chi connectivity index (χ4v) is 3.72. The highest BCUT2D eigenvalue weighted by Gasteiger charge is 2.31. The molecule has 1 aromatic heterocycles. The normalized spacial score (nSPS) is 18.6. The van der Waals surface area contributed by atoms with Crippen LogP contribution in [0.15, 0.2) is 17.5 Å². The van der Waals surface area contributed by atoms with Crippen LogP contribution in [0.3, 0.4) is 0 Å². The van der Waals surface area contributed by atoms with E-state index in [4.69, 9.17) is 0 Å². The van der Waals surface area contributed by atoms with E-state index < -0.39 is 0 Å². The Labute approximate surface area is 131 Å². The Morgan fingerprint density at radius 2 is 2.14 bits per heavy atom. The molecule has 1 aliphatic rings. The number of amides is 2. The third kappa shape index (κ3) is 4.20. The van der Waals surface area contributed by atoms with Crippen molar-refractivity contribution < 1.29 is 9.90 Å². The fraction of sp³-hybridized carbons (Fsp3) is 0.688. The minimum atomic E-state index is -0.0239. The van der Waals surface area contributed by atoms with Crippen LogP contribution in [0.25, 0.3) is 0 Å². The molecular formula is C16H26N2O2S. The second-order valence-corrected chi connectivity index (χ2v) is 7.86. The smallest absolute Gasteiger partial charge is 0.317 e. The molecule has 0 aromatic carbocycles. The number of aliphatic hydroxyl groups is 1. The molecule has 0 spiro atoms. The Bertz CT molecular complexity index is 445. The molecule has 1 atom stereocenters. The Morgan fingerprint density at radius 3 is 2.62 bits per heavy atom. The van der Waals surface area contributed by atoms with Crippen LogP contribution in [0.4, 0.5) is 4.79 Å². The zero-order valence-electron chi connectivity index (χ0n) is 13.1. The van der Waals surface area contributed by atoms with Crippen LogP contribution in [-0.2, 0) is 0 Å². The van der Waals surface area contributed by atoms with Crippen molar-refractivity contribution in [1.29, 1.82) is 0 Å². The van der Waals surface area contributed by atoms with Crippen LogP contribution in [0.2, 0.25) is 0 Å². The first kappa shape index (κ1) is 16.3. The van der Waals surface area contributed by atoms with E-state index in [-0.39, 0.29) is 24.1 Å². The summed E-state index contributed by atoms with van der Waals surface area (Å²) in [7, 11) is 0. The van der Waals surface area contributed by atoms with E-state index >= 15 is 0 Å². The number of nitrogens with zero attached hydrogens (tertiary/aromatic N) is 1. The third-order valence-electron chi connectivity index (χ3n) is 4.12. The van der Waals surface area contributed by atoms with Gasteiger partial charge in [0.2, 0.25) is 0 Å². The summed E-state index contributed by atoms with van der Waals surface area (Å²) in [5.74, 6) is 0.352. The second-order valence-electron chi connectivity index (χ2n) is 6.88. The highest BCUT2D eigenvalue weighted by molar-refractivity contribution is 7.10. The summed E-state index contributed by atoms with van der Waals surface area (Å²) in [5, 5.41) is 14.4. The van der Waals surface area contributed by atoms with Gasteiger partial charge in [0.15, 0.2) is 0 Å². The molecule has 2 N–H and O–H groups in total. The molecule has 0 aliphatic carbocycles. The summed E-state index contributed by atoms with van der Waals surface area (Å²) in [6.07, 6.45) is 1.78. The van der Waals surface area contributed by atoms with Gasteiger partial charge in [-0.15, -0.1) is 11.3 Å². The van der Waals surface area contributed by atoms with Crippen LogP contribution in [0.1, 0.15) is 44.5 Å². The van der Waals surface area contributed by atoms with E-state index in [9.17, 15) is 9.90 Å².